The van der Waals surface area contributed by atoms with Gasteiger partial charge in [-0.3, -0.25) is 4.79 Å². The largest absolute Gasteiger partial charge is 0.573 e. The van der Waals surface area contributed by atoms with E-state index in [0.717, 1.165) is 37.9 Å². The Morgan fingerprint density at radius 2 is 1.88 bits per heavy atom. The maximum absolute atomic E-state index is 12.1. The molecule has 1 aliphatic rings. The summed E-state index contributed by atoms with van der Waals surface area (Å²) in [6.45, 7) is 2.53. The van der Waals surface area contributed by atoms with Gasteiger partial charge in [-0.2, -0.15) is 0 Å². The van der Waals surface area contributed by atoms with Crippen LogP contribution in [0.3, 0.4) is 0 Å². The van der Waals surface area contributed by atoms with Crippen LogP contribution in [-0.2, 0) is 11.2 Å². The number of ether oxygens (including phenoxy) is 1. The van der Waals surface area contributed by atoms with Crippen LogP contribution in [0.1, 0.15) is 31.2 Å². The fourth-order valence-electron chi connectivity index (χ4n) is 2.80. The fourth-order valence-corrected chi connectivity index (χ4v) is 2.80. The van der Waals surface area contributed by atoms with E-state index in [1.165, 1.54) is 12.1 Å². The average molecular weight is 344 g/mol. The first-order valence-electron chi connectivity index (χ1n) is 8.24. The molecule has 1 fully saturated rings. The van der Waals surface area contributed by atoms with E-state index in [1.54, 1.807) is 12.1 Å². The molecular formula is C17H23F3N2O2. The van der Waals surface area contributed by atoms with Gasteiger partial charge in [0.2, 0.25) is 5.91 Å². The van der Waals surface area contributed by atoms with E-state index in [0.29, 0.717) is 25.3 Å². The SMILES string of the molecule is O=C(CCC1CCNCC1)NCCc1ccc(OC(F)(F)F)cc1. The number of rotatable bonds is 7. The predicted octanol–water partition coefficient (Wildman–Crippen LogP) is 3.02. The van der Waals surface area contributed by atoms with E-state index in [2.05, 4.69) is 15.4 Å². The van der Waals surface area contributed by atoms with Crippen LogP contribution < -0.4 is 15.4 Å². The second-order valence-electron chi connectivity index (χ2n) is 6.02. The molecule has 2 N–H and O–H groups in total. The molecule has 7 heteroatoms. The molecule has 0 bridgehead atoms. The summed E-state index contributed by atoms with van der Waals surface area (Å²) >= 11 is 0. The molecule has 0 saturated carbocycles. The Hall–Kier alpha value is -1.76. The highest BCUT2D eigenvalue weighted by molar-refractivity contribution is 5.75. The molecule has 1 aliphatic heterocycles. The molecule has 0 unspecified atom stereocenters. The molecule has 134 valence electrons. The van der Waals surface area contributed by atoms with Crippen LogP contribution in [0.25, 0.3) is 0 Å². The Balaban J connectivity index is 1.63. The standard InChI is InChI=1S/C17H23F3N2O2/c18-17(19,20)24-15-4-1-13(2-5-15)9-12-22-16(23)6-3-14-7-10-21-11-8-14/h1-2,4-5,14,21H,3,6-12H2,(H,22,23). The molecule has 0 atom stereocenters. The Morgan fingerprint density at radius 1 is 1.21 bits per heavy atom. The second kappa shape index (κ2) is 8.92. The third-order valence-electron chi connectivity index (χ3n) is 4.13. The van der Waals surface area contributed by atoms with E-state index in [9.17, 15) is 18.0 Å². The summed E-state index contributed by atoms with van der Waals surface area (Å²) in [4.78, 5) is 11.8. The van der Waals surface area contributed by atoms with Gasteiger partial charge in [-0.1, -0.05) is 12.1 Å². The lowest BCUT2D eigenvalue weighted by atomic mass is 9.93. The lowest BCUT2D eigenvalue weighted by Gasteiger charge is -2.22. The van der Waals surface area contributed by atoms with Crippen LogP contribution >= 0.6 is 0 Å². The first kappa shape index (κ1) is 18.6. The number of carbonyl (C=O) groups is 1. The number of hydrogen-bond acceptors (Lipinski definition) is 3. The van der Waals surface area contributed by atoms with E-state index in [1.807, 2.05) is 0 Å². The van der Waals surface area contributed by atoms with Crippen LogP contribution in [0.5, 0.6) is 5.75 Å². The third-order valence-corrected chi connectivity index (χ3v) is 4.13. The lowest BCUT2D eigenvalue weighted by molar-refractivity contribution is -0.274. The van der Waals surface area contributed by atoms with E-state index in [-0.39, 0.29) is 11.7 Å². The number of nitrogens with one attached hydrogen (secondary N) is 2. The highest BCUT2D eigenvalue weighted by Crippen LogP contribution is 2.22. The number of carbonyl (C=O) groups excluding carboxylic acids is 1. The van der Waals surface area contributed by atoms with Gasteiger partial charge in [-0.25, -0.2) is 0 Å². The summed E-state index contributed by atoms with van der Waals surface area (Å²) in [6, 6.07) is 5.70. The molecule has 0 aromatic heterocycles. The van der Waals surface area contributed by atoms with Gasteiger partial charge in [-0.05, 0) is 62.4 Å². The minimum absolute atomic E-state index is 0.0329. The molecule has 0 radical (unpaired) electrons. The summed E-state index contributed by atoms with van der Waals surface area (Å²) in [7, 11) is 0. The van der Waals surface area contributed by atoms with Crippen LogP contribution in [0.15, 0.2) is 24.3 Å². The molecule has 1 aromatic carbocycles. The van der Waals surface area contributed by atoms with Crippen molar-refractivity contribution >= 4 is 5.91 Å². The van der Waals surface area contributed by atoms with Crippen molar-refractivity contribution in [2.45, 2.75) is 38.5 Å². The van der Waals surface area contributed by atoms with Gasteiger partial charge < -0.3 is 15.4 Å². The van der Waals surface area contributed by atoms with Crippen molar-refractivity contribution in [1.29, 1.82) is 0 Å². The number of halogens is 3. The zero-order valence-corrected chi connectivity index (χ0v) is 13.5. The van der Waals surface area contributed by atoms with E-state index >= 15 is 0 Å². The third kappa shape index (κ3) is 7.21. The van der Waals surface area contributed by atoms with Crippen molar-refractivity contribution in [2.75, 3.05) is 19.6 Å². The Morgan fingerprint density at radius 3 is 2.50 bits per heavy atom. The van der Waals surface area contributed by atoms with Crippen LogP contribution in [-0.4, -0.2) is 31.9 Å². The topological polar surface area (TPSA) is 50.4 Å². The van der Waals surface area contributed by atoms with Gasteiger partial charge in [0.1, 0.15) is 5.75 Å². The van der Waals surface area contributed by atoms with E-state index < -0.39 is 6.36 Å². The quantitative estimate of drug-likeness (QED) is 0.799. The van der Waals surface area contributed by atoms with Crippen molar-refractivity contribution in [3.63, 3.8) is 0 Å². The average Bonchev–Trinajstić information content (AvgIpc) is 2.54. The zero-order chi connectivity index (χ0) is 17.4. The monoisotopic (exact) mass is 344 g/mol. The normalized spacial score (nSPS) is 16.0. The molecule has 2 rings (SSSR count). The number of hydrogen-bond donors (Lipinski definition) is 2. The second-order valence-corrected chi connectivity index (χ2v) is 6.02. The van der Waals surface area contributed by atoms with Crippen LogP contribution in [0, 0.1) is 5.92 Å². The van der Waals surface area contributed by atoms with Gasteiger partial charge in [0.05, 0.1) is 0 Å². The Labute approximate surface area is 139 Å². The summed E-state index contributed by atoms with van der Waals surface area (Å²) in [5.41, 5.74) is 0.850. The first-order chi connectivity index (χ1) is 11.4. The maximum Gasteiger partial charge on any atom is 0.573 e. The fraction of sp³-hybridized carbons (Fsp3) is 0.588. The van der Waals surface area contributed by atoms with Crippen LogP contribution in [0.2, 0.25) is 0 Å². The number of piperidine rings is 1. The Bertz CT molecular complexity index is 512. The van der Waals surface area contributed by atoms with Gasteiger partial charge >= 0.3 is 6.36 Å². The molecule has 1 heterocycles. The summed E-state index contributed by atoms with van der Waals surface area (Å²) in [6.07, 6.45) is -0.408. The van der Waals surface area contributed by atoms with Crippen molar-refractivity contribution in [1.82, 2.24) is 10.6 Å². The minimum atomic E-state index is -4.68. The lowest BCUT2D eigenvalue weighted by Crippen LogP contribution is -2.30. The molecule has 1 amide bonds. The van der Waals surface area contributed by atoms with Gasteiger partial charge in [0.25, 0.3) is 0 Å². The maximum atomic E-state index is 12.1. The van der Waals surface area contributed by atoms with Crippen molar-refractivity contribution in [2.24, 2.45) is 5.92 Å². The highest BCUT2D eigenvalue weighted by Gasteiger charge is 2.30. The van der Waals surface area contributed by atoms with Crippen molar-refractivity contribution < 1.29 is 22.7 Å². The highest BCUT2D eigenvalue weighted by atomic mass is 19.4. The predicted molar refractivity (Wildman–Crippen MR) is 84.7 cm³/mol. The summed E-state index contributed by atoms with van der Waals surface area (Å²) < 4.78 is 40.0. The first-order valence-corrected chi connectivity index (χ1v) is 8.24. The zero-order valence-electron chi connectivity index (χ0n) is 13.5. The number of amides is 1. The molecule has 0 spiro atoms. The van der Waals surface area contributed by atoms with Gasteiger partial charge in [0.15, 0.2) is 0 Å². The van der Waals surface area contributed by atoms with E-state index in [4.69, 9.17) is 0 Å². The van der Waals surface area contributed by atoms with Gasteiger partial charge in [-0.15, -0.1) is 13.2 Å². The van der Waals surface area contributed by atoms with Crippen molar-refractivity contribution in [3.05, 3.63) is 29.8 Å². The van der Waals surface area contributed by atoms with Crippen molar-refractivity contribution in [3.8, 4) is 5.75 Å². The van der Waals surface area contributed by atoms with Crippen LogP contribution in [0.4, 0.5) is 13.2 Å². The summed E-state index contributed by atoms with van der Waals surface area (Å²) in [5, 5.41) is 6.16. The molecule has 1 aromatic rings. The molecule has 0 aliphatic carbocycles. The molecule has 4 nitrogen and oxygen atoms in total. The summed E-state index contributed by atoms with van der Waals surface area (Å²) in [5.74, 6) is 0.418. The molecular weight excluding hydrogens is 321 g/mol. The number of alkyl halides is 3. The minimum Gasteiger partial charge on any atom is -0.406 e. The molecule has 1 saturated heterocycles. The Kier molecular flexibility index (Phi) is 6.90. The van der Waals surface area contributed by atoms with Gasteiger partial charge in [0, 0.05) is 13.0 Å². The number of benzene rings is 1. The smallest absolute Gasteiger partial charge is 0.406 e. The molecule has 24 heavy (non-hydrogen) atoms.